The number of hydrogen-bond donors (Lipinski definition) is 1. The van der Waals surface area contributed by atoms with Crippen molar-refractivity contribution in [1.29, 1.82) is 0 Å². The lowest BCUT2D eigenvalue weighted by atomic mass is 10.1. The number of hydrogen-bond acceptors (Lipinski definition) is 5. The number of nitrogens with zero attached hydrogens (tertiary/aromatic N) is 2. The van der Waals surface area contributed by atoms with Crippen molar-refractivity contribution < 1.29 is 17.9 Å². The molecule has 1 unspecified atom stereocenters. The summed E-state index contributed by atoms with van der Waals surface area (Å²) in [6, 6.07) is 7.67. The van der Waals surface area contributed by atoms with Crippen molar-refractivity contribution in [3.05, 3.63) is 29.8 Å². The van der Waals surface area contributed by atoms with Gasteiger partial charge in [-0.05, 0) is 17.7 Å². The van der Waals surface area contributed by atoms with E-state index in [4.69, 9.17) is 9.88 Å². The van der Waals surface area contributed by atoms with Gasteiger partial charge in [-0.3, -0.25) is 9.69 Å². The second kappa shape index (κ2) is 6.56. The van der Waals surface area contributed by atoms with Crippen molar-refractivity contribution in [2.24, 2.45) is 5.14 Å². The summed E-state index contributed by atoms with van der Waals surface area (Å²) in [6.07, 6.45) is -0.0491. The molecule has 3 rings (SSSR count). The molecule has 2 heterocycles. The summed E-state index contributed by atoms with van der Waals surface area (Å²) in [5.41, 5.74) is 1.82. The molecule has 7 nitrogen and oxygen atoms in total. The second-order valence-electron chi connectivity index (χ2n) is 5.98. The van der Waals surface area contributed by atoms with Crippen LogP contribution in [-0.4, -0.2) is 57.3 Å². The van der Waals surface area contributed by atoms with Crippen LogP contribution in [-0.2, 0) is 26.1 Å². The highest BCUT2D eigenvalue weighted by Crippen LogP contribution is 2.25. The number of carbonyl (C=O) groups is 1. The summed E-state index contributed by atoms with van der Waals surface area (Å²) in [5.74, 6) is -0.201. The van der Waals surface area contributed by atoms with Crippen molar-refractivity contribution in [2.45, 2.75) is 18.2 Å². The fourth-order valence-corrected chi connectivity index (χ4v) is 3.72. The van der Waals surface area contributed by atoms with Crippen LogP contribution in [0.25, 0.3) is 0 Å². The molecule has 0 spiro atoms. The van der Waals surface area contributed by atoms with Crippen LogP contribution in [0.15, 0.2) is 24.3 Å². The number of primary sulfonamides is 1. The zero-order valence-electron chi connectivity index (χ0n) is 12.8. The van der Waals surface area contributed by atoms with Gasteiger partial charge in [-0.2, -0.15) is 0 Å². The second-order valence-corrected chi connectivity index (χ2v) is 7.82. The first kappa shape index (κ1) is 16.4. The highest BCUT2D eigenvalue weighted by Gasteiger charge is 2.37. The zero-order chi connectivity index (χ0) is 16.4. The summed E-state index contributed by atoms with van der Waals surface area (Å²) < 4.78 is 28.3. The molecule has 8 heteroatoms. The average Bonchev–Trinajstić information content (AvgIpc) is 2.91. The van der Waals surface area contributed by atoms with E-state index in [2.05, 4.69) is 4.90 Å². The molecule has 23 heavy (non-hydrogen) atoms. The Morgan fingerprint density at radius 1 is 1.26 bits per heavy atom. The lowest BCUT2D eigenvalue weighted by Crippen LogP contribution is -2.35. The van der Waals surface area contributed by atoms with Crippen LogP contribution < -0.4 is 10.0 Å². The number of sulfonamides is 1. The van der Waals surface area contributed by atoms with Crippen LogP contribution in [0.4, 0.5) is 5.69 Å². The maximum atomic E-state index is 12.1. The molecule has 2 saturated heterocycles. The van der Waals surface area contributed by atoms with E-state index in [0.29, 0.717) is 0 Å². The number of morpholine rings is 1. The fraction of sp³-hybridized carbons (Fsp3) is 0.533. The largest absolute Gasteiger partial charge is 0.379 e. The van der Waals surface area contributed by atoms with Crippen LogP contribution in [0.2, 0.25) is 0 Å². The summed E-state index contributed by atoms with van der Waals surface area (Å²) >= 11 is 0. The van der Waals surface area contributed by atoms with E-state index in [1.807, 2.05) is 24.3 Å². The summed E-state index contributed by atoms with van der Waals surface area (Å²) in [7, 11) is -3.69. The summed E-state index contributed by atoms with van der Waals surface area (Å²) in [4.78, 5) is 15.9. The Morgan fingerprint density at radius 2 is 2.00 bits per heavy atom. The molecule has 0 bridgehead atoms. The molecule has 2 aliphatic rings. The molecular formula is C15H21N3O4S. The third-order valence-corrected chi connectivity index (χ3v) is 5.53. The molecule has 2 aliphatic heterocycles. The Labute approximate surface area is 136 Å². The molecule has 1 aromatic rings. The third-order valence-electron chi connectivity index (χ3n) is 4.29. The first-order valence-electron chi connectivity index (χ1n) is 7.64. The monoisotopic (exact) mass is 339 g/mol. The summed E-state index contributed by atoms with van der Waals surface area (Å²) in [5, 5.41) is 4.35. The number of nitrogens with two attached hydrogens (primary N) is 1. The first-order chi connectivity index (χ1) is 10.9. The number of amides is 1. The number of benzene rings is 1. The van der Waals surface area contributed by atoms with E-state index in [0.717, 1.165) is 44.1 Å². The third kappa shape index (κ3) is 3.89. The SMILES string of the molecule is NS(=O)(=O)C1CC(=O)N(c2cccc(CN3CCOCC3)c2)C1. The van der Waals surface area contributed by atoms with Gasteiger partial charge in [0, 0.05) is 38.3 Å². The van der Waals surface area contributed by atoms with Gasteiger partial charge in [-0.1, -0.05) is 12.1 Å². The molecule has 0 saturated carbocycles. The quantitative estimate of drug-likeness (QED) is 0.828. The Balaban J connectivity index is 1.73. The van der Waals surface area contributed by atoms with Gasteiger partial charge < -0.3 is 9.64 Å². The van der Waals surface area contributed by atoms with Gasteiger partial charge in [0.05, 0.1) is 13.2 Å². The van der Waals surface area contributed by atoms with Gasteiger partial charge in [-0.25, -0.2) is 13.6 Å². The van der Waals surface area contributed by atoms with E-state index in [1.165, 1.54) is 4.90 Å². The van der Waals surface area contributed by atoms with Crippen LogP contribution in [0.5, 0.6) is 0 Å². The molecule has 1 aromatic carbocycles. The predicted molar refractivity (Wildman–Crippen MR) is 86.4 cm³/mol. The van der Waals surface area contributed by atoms with Crippen molar-refractivity contribution >= 4 is 21.6 Å². The minimum Gasteiger partial charge on any atom is -0.379 e. The van der Waals surface area contributed by atoms with Crippen LogP contribution in [0, 0.1) is 0 Å². The fourth-order valence-electron chi connectivity index (χ4n) is 2.98. The van der Waals surface area contributed by atoms with E-state index < -0.39 is 15.3 Å². The smallest absolute Gasteiger partial charge is 0.228 e. The molecule has 0 aliphatic carbocycles. The highest BCUT2D eigenvalue weighted by atomic mass is 32.2. The van der Waals surface area contributed by atoms with Gasteiger partial charge in [0.15, 0.2) is 0 Å². The Kier molecular flexibility index (Phi) is 4.67. The van der Waals surface area contributed by atoms with Gasteiger partial charge in [0.2, 0.25) is 15.9 Å². The molecule has 126 valence electrons. The Bertz CT molecular complexity index is 686. The number of rotatable bonds is 4. The zero-order valence-corrected chi connectivity index (χ0v) is 13.7. The maximum Gasteiger partial charge on any atom is 0.228 e. The van der Waals surface area contributed by atoms with Crippen molar-refractivity contribution in [2.75, 3.05) is 37.7 Å². The van der Waals surface area contributed by atoms with Gasteiger partial charge in [0.1, 0.15) is 5.25 Å². The van der Waals surface area contributed by atoms with Crippen LogP contribution in [0.1, 0.15) is 12.0 Å². The lowest BCUT2D eigenvalue weighted by Gasteiger charge is -2.27. The van der Waals surface area contributed by atoms with E-state index >= 15 is 0 Å². The standard InChI is InChI=1S/C15H21N3O4S/c16-23(20,21)14-9-15(19)18(11-14)13-3-1-2-12(8-13)10-17-4-6-22-7-5-17/h1-3,8,14H,4-7,9-11H2,(H2,16,20,21). The molecule has 2 N–H and O–H groups in total. The minimum absolute atomic E-state index is 0.0491. The van der Waals surface area contributed by atoms with E-state index in [9.17, 15) is 13.2 Å². The van der Waals surface area contributed by atoms with Gasteiger partial charge in [-0.15, -0.1) is 0 Å². The Hall–Kier alpha value is -1.48. The van der Waals surface area contributed by atoms with Gasteiger partial charge in [0.25, 0.3) is 0 Å². The molecule has 0 radical (unpaired) electrons. The van der Waals surface area contributed by atoms with Crippen molar-refractivity contribution in [3.63, 3.8) is 0 Å². The molecule has 1 amide bonds. The molecule has 1 atom stereocenters. The molecular weight excluding hydrogens is 318 g/mol. The number of ether oxygens (including phenoxy) is 1. The molecule has 2 fully saturated rings. The first-order valence-corrected chi connectivity index (χ1v) is 9.25. The topological polar surface area (TPSA) is 92.9 Å². The maximum absolute atomic E-state index is 12.1. The normalized spacial score (nSPS) is 23.4. The van der Waals surface area contributed by atoms with E-state index in [1.54, 1.807) is 0 Å². The highest BCUT2D eigenvalue weighted by molar-refractivity contribution is 7.89. The van der Waals surface area contributed by atoms with E-state index in [-0.39, 0.29) is 18.9 Å². The van der Waals surface area contributed by atoms with Crippen LogP contribution in [0.3, 0.4) is 0 Å². The summed E-state index contributed by atoms with van der Waals surface area (Å²) in [6.45, 7) is 4.16. The lowest BCUT2D eigenvalue weighted by molar-refractivity contribution is -0.117. The van der Waals surface area contributed by atoms with Crippen molar-refractivity contribution in [3.8, 4) is 0 Å². The van der Waals surface area contributed by atoms with Gasteiger partial charge >= 0.3 is 0 Å². The number of carbonyl (C=O) groups excluding carboxylic acids is 1. The minimum atomic E-state index is -3.69. The van der Waals surface area contributed by atoms with Crippen LogP contribution >= 0.6 is 0 Å². The van der Waals surface area contributed by atoms with Crippen molar-refractivity contribution in [1.82, 2.24) is 4.90 Å². The Morgan fingerprint density at radius 3 is 2.65 bits per heavy atom. The number of anilines is 1. The molecule has 0 aromatic heterocycles. The predicted octanol–water partition coefficient (Wildman–Crippen LogP) is -0.0874. The average molecular weight is 339 g/mol.